The fourth-order valence-electron chi connectivity index (χ4n) is 2.37. The van der Waals surface area contributed by atoms with Crippen molar-refractivity contribution >= 4 is 5.97 Å². The second kappa shape index (κ2) is 5.64. The summed E-state index contributed by atoms with van der Waals surface area (Å²) in [5.74, 6) is -0.139. The number of aliphatic carboxylic acids is 1. The van der Waals surface area contributed by atoms with Gasteiger partial charge in [0.25, 0.3) is 0 Å². The number of carboxylic acids is 1. The van der Waals surface area contributed by atoms with E-state index in [0.29, 0.717) is 12.3 Å². The highest BCUT2D eigenvalue weighted by Crippen LogP contribution is 2.32. The molecule has 4 heteroatoms. The predicted molar refractivity (Wildman–Crippen MR) is 62.3 cm³/mol. The molecule has 0 aromatic heterocycles. The van der Waals surface area contributed by atoms with Crippen molar-refractivity contribution in [2.45, 2.75) is 57.5 Å². The van der Waals surface area contributed by atoms with Crippen molar-refractivity contribution in [3.05, 3.63) is 0 Å². The van der Waals surface area contributed by atoms with Crippen LogP contribution >= 0.6 is 0 Å². The van der Waals surface area contributed by atoms with Gasteiger partial charge in [-0.25, -0.2) is 0 Å². The van der Waals surface area contributed by atoms with Gasteiger partial charge in [0.2, 0.25) is 0 Å². The minimum absolute atomic E-state index is 0.0312. The van der Waals surface area contributed by atoms with Gasteiger partial charge in [-0.3, -0.25) is 10.1 Å². The molecule has 0 radical (unpaired) electrons. The Morgan fingerprint density at radius 2 is 2.06 bits per heavy atom. The predicted octanol–water partition coefficient (Wildman–Crippen LogP) is 1.38. The molecule has 4 nitrogen and oxygen atoms in total. The largest absolute Gasteiger partial charge is 0.480 e. The van der Waals surface area contributed by atoms with E-state index in [9.17, 15) is 9.90 Å². The summed E-state index contributed by atoms with van der Waals surface area (Å²) in [5, 5.41) is 21.7. The van der Waals surface area contributed by atoms with Gasteiger partial charge in [0.1, 0.15) is 6.04 Å². The second-order valence-electron chi connectivity index (χ2n) is 5.06. The molecule has 0 aliphatic heterocycles. The Hall–Kier alpha value is -0.610. The maximum Gasteiger partial charge on any atom is 0.320 e. The molecule has 94 valence electrons. The van der Waals surface area contributed by atoms with Crippen molar-refractivity contribution in [3.8, 4) is 0 Å². The molecule has 1 atom stereocenters. The van der Waals surface area contributed by atoms with E-state index < -0.39 is 12.0 Å². The Morgan fingerprint density at radius 3 is 2.44 bits per heavy atom. The minimum Gasteiger partial charge on any atom is -0.480 e. The smallest absolute Gasteiger partial charge is 0.320 e. The average molecular weight is 229 g/mol. The van der Waals surface area contributed by atoms with Crippen LogP contribution in [0.2, 0.25) is 0 Å². The lowest BCUT2D eigenvalue weighted by Crippen LogP contribution is -2.56. The average Bonchev–Trinajstić information content (AvgIpc) is 2.28. The molecule has 0 aromatic carbocycles. The van der Waals surface area contributed by atoms with Crippen LogP contribution in [0.5, 0.6) is 0 Å². The maximum absolute atomic E-state index is 11.0. The maximum atomic E-state index is 11.0. The van der Waals surface area contributed by atoms with Crippen LogP contribution in [0.4, 0.5) is 0 Å². The highest BCUT2D eigenvalue weighted by atomic mass is 16.4. The van der Waals surface area contributed by atoms with Crippen molar-refractivity contribution in [1.82, 2.24) is 5.32 Å². The van der Waals surface area contributed by atoms with Crippen LogP contribution in [-0.4, -0.2) is 34.4 Å². The summed E-state index contributed by atoms with van der Waals surface area (Å²) in [6.07, 6.45) is 4.41. The lowest BCUT2D eigenvalue weighted by molar-refractivity contribution is -0.140. The topological polar surface area (TPSA) is 69.6 Å². The molecule has 0 saturated heterocycles. The normalized spacial score (nSPS) is 32.3. The number of rotatable bonds is 5. The standard InChI is InChI=1S/C12H23NO3/c1-3-10(11(15)16)13-12(8-14)6-4-9(2)5-7-12/h9-10,13-14H,3-8H2,1-2H3,(H,15,16). The van der Waals surface area contributed by atoms with E-state index >= 15 is 0 Å². The van der Waals surface area contributed by atoms with Gasteiger partial charge in [0.15, 0.2) is 0 Å². The monoisotopic (exact) mass is 229 g/mol. The van der Waals surface area contributed by atoms with E-state index in [1.165, 1.54) is 0 Å². The highest BCUT2D eigenvalue weighted by Gasteiger charge is 2.36. The van der Waals surface area contributed by atoms with Gasteiger partial charge < -0.3 is 10.2 Å². The van der Waals surface area contributed by atoms with Gasteiger partial charge in [-0.2, -0.15) is 0 Å². The van der Waals surface area contributed by atoms with E-state index in [1.807, 2.05) is 6.92 Å². The van der Waals surface area contributed by atoms with Crippen molar-refractivity contribution in [1.29, 1.82) is 0 Å². The van der Waals surface area contributed by atoms with E-state index in [0.717, 1.165) is 25.7 Å². The van der Waals surface area contributed by atoms with Crippen LogP contribution < -0.4 is 5.32 Å². The number of hydrogen-bond acceptors (Lipinski definition) is 3. The van der Waals surface area contributed by atoms with Gasteiger partial charge in [0.05, 0.1) is 6.61 Å². The Labute approximate surface area is 97.0 Å². The molecule has 1 aliphatic carbocycles. The van der Waals surface area contributed by atoms with Crippen LogP contribution in [0, 0.1) is 5.92 Å². The molecule has 16 heavy (non-hydrogen) atoms. The molecule has 3 N–H and O–H groups in total. The van der Waals surface area contributed by atoms with Crippen LogP contribution in [0.1, 0.15) is 46.0 Å². The quantitative estimate of drug-likeness (QED) is 0.666. The van der Waals surface area contributed by atoms with Crippen molar-refractivity contribution < 1.29 is 15.0 Å². The first-order chi connectivity index (χ1) is 7.53. The first-order valence-electron chi connectivity index (χ1n) is 6.14. The molecule has 1 saturated carbocycles. The van der Waals surface area contributed by atoms with E-state index in [2.05, 4.69) is 12.2 Å². The molecule has 0 amide bonds. The number of aliphatic hydroxyl groups is 1. The van der Waals surface area contributed by atoms with Gasteiger partial charge in [0, 0.05) is 5.54 Å². The molecule has 1 fully saturated rings. The first-order valence-corrected chi connectivity index (χ1v) is 6.14. The van der Waals surface area contributed by atoms with E-state index in [1.54, 1.807) is 0 Å². The zero-order valence-electron chi connectivity index (χ0n) is 10.2. The van der Waals surface area contributed by atoms with Gasteiger partial charge in [-0.15, -0.1) is 0 Å². The summed E-state index contributed by atoms with van der Waals surface area (Å²) in [4.78, 5) is 11.0. The highest BCUT2D eigenvalue weighted by molar-refractivity contribution is 5.73. The third-order valence-electron chi connectivity index (χ3n) is 3.72. The lowest BCUT2D eigenvalue weighted by Gasteiger charge is -2.40. The number of carbonyl (C=O) groups is 1. The second-order valence-corrected chi connectivity index (χ2v) is 5.06. The molecule has 0 bridgehead atoms. The minimum atomic E-state index is -0.825. The summed E-state index contributed by atoms with van der Waals surface area (Å²) >= 11 is 0. The molecular formula is C12H23NO3. The zero-order chi connectivity index (χ0) is 12.2. The van der Waals surface area contributed by atoms with Crippen molar-refractivity contribution in [2.75, 3.05) is 6.61 Å². The Morgan fingerprint density at radius 1 is 1.50 bits per heavy atom. The molecule has 0 spiro atoms. The summed E-state index contributed by atoms with van der Waals surface area (Å²) in [6, 6.07) is -0.541. The Balaban J connectivity index is 2.62. The molecule has 0 heterocycles. The number of nitrogens with one attached hydrogen (secondary N) is 1. The summed E-state index contributed by atoms with van der Waals surface area (Å²) in [5.41, 5.74) is -0.369. The van der Waals surface area contributed by atoms with Crippen LogP contribution in [0.3, 0.4) is 0 Å². The number of carboxylic acid groups (broad SMARTS) is 1. The van der Waals surface area contributed by atoms with Crippen molar-refractivity contribution in [2.24, 2.45) is 5.92 Å². The number of hydrogen-bond donors (Lipinski definition) is 3. The third-order valence-corrected chi connectivity index (χ3v) is 3.72. The van der Waals surface area contributed by atoms with E-state index in [4.69, 9.17) is 5.11 Å². The van der Waals surface area contributed by atoms with Crippen LogP contribution in [0.25, 0.3) is 0 Å². The van der Waals surface area contributed by atoms with Crippen molar-refractivity contribution in [3.63, 3.8) is 0 Å². The summed E-state index contributed by atoms with van der Waals surface area (Å²) in [7, 11) is 0. The fourth-order valence-corrected chi connectivity index (χ4v) is 2.37. The Kier molecular flexibility index (Phi) is 4.74. The third kappa shape index (κ3) is 3.19. The fraction of sp³-hybridized carbons (Fsp3) is 0.917. The van der Waals surface area contributed by atoms with Crippen LogP contribution in [-0.2, 0) is 4.79 Å². The summed E-state index contributed by atoms with van der Waals surface area (Å²) < 4.78 is 0. The first kappa shape index (κ1) is 13.5. The van der Waals surface area contributed by atoms with Crippen LogP contribution in [0.15, 0.2) is 0 Å². The Bertz CT molecular complexity index is 234. The number of aliphatic hydroxyl groups excluding tert-OH is 1. The lowest BCUT2D eigenvalue weighted by atomic mass is 9.77. The molecule has 1 aliphatic rings. The van der Waals surface area contributed by atoms with Gasteiger partial charge in [-0.1, -0.05) is 13.8 Å². The molecule has 1 rings (SSSR count). The molecule has 0 aromatic rings. The van der Waals surface area contributed by atoms with E-state index in [-0.39, 0.29) is 12.1 Å². The molecule has 1 unspecified atom stereocenters. The van der Waals surface area contributed by atoms with Gasteiger partial charge in [-0.05, 0) is 38.0 Å². The summed E-state index contributed by atoms with van der Waals surface area (Å²) in [6.45, 7) is 4.08. The molecular weight excluding hydrogens is 206 g/mol. The van der Waals surface area contributed by atoms with Gasteiger partial charge >= 0.3 is 5.97 Å². The SMILES string of the molecule is CCC(NC1(CO)CCC(C)CC1)C(=O)O. The zero-order valence-corrected chi connectivity index (χ0v) is 10.2.